The van der Waals surface area contributed by atoms with Crippen molar-refractivity contribution in [3.8, 4) is 11.4 Å². The van der Waals surface area contributed by atoms with E-state index >= 15 is 0 Å². The molecule has 0 atom stereocenters. The fraction of sp³-hybridized carbons (Fsp3) is 0.100. The number of hydrogen-bond donors (Lipinski definition) is 0. The molecule has 14 heavy (non-hydrogen) atoms. The summed E-state index contributed by atoms with van der Waals surface area (Å²) < 4.78 is 0. The Morgan fingerprint density at radius 1 is 1.21 bits per heavy atom. The third-order valence-corrected chi connectivity index (χ3v) is 1.97. The molecular formula is C10H8ClN3. The van der Waals surface area contributed by atoms with Crippen LogP contribution in [0.25, 0.3) is 11.4 Å². The zero-order valence-electron chi connectivity index (χ0n) is 7.61. The Kier molecular flexibility index (Phi) is 2.41. The molecule has 0 aliphatic rings. The van der Waals surface area contributed by atoms with Crippen molar-refractivity contribution in [3.05, 3.63) is 41.4 Å². The summed E-state index contributed by atoms with van der Waals surface area (Å²) in [5.74, 6) is 0. The molecule has 2 aromatic rings. The third-order valence-electron chi connectivity index (χ3n) is 1.78. The van der Waals surface area contributed by atoms with Crippen LogP contribution >= 0.6 is 11.6 Å². The van der Waals surface area contributed by atoms with Crippen molar-refractivity contribution in [2.75, 3.05) is 0 Å². The Balaban J connectivity index is 2.49. The molecule has 0 aromatic carbocycles. The molecule has 2 aromatic heterocycles. The van der Waals surface area contributed by atoms with E-state index in [1.165, 1.54) is 6.20 Å². The Hall–Kier alpha value is -1.48. The standard InChI is InChI=1S/C10H8ClN3/c1-7-2-3-13-8(4-7)9-5-12-6-10(11)14-9/h2-6H,1H3. The fourth-order valence-electron chi connectivity index (χ4n) is 1.14. The molecule has 0 aliphatic heterocycles. The highest BCUT2D eigenvalue weighted by atomic mass is 35.5. The molecule has 0 amide bonds. The minimum absolute atomic E-state index is 0.380. The lowest BCUT2D eigenvalue weighted by atomic mass is 10.2. The van der Waals surface area contributed by atoms with Gasteiger partial charge in [-0.3, -0.25) is 9.97 Å². The first-order valence-corrected chi connectivity index (χ1v) is 4.54. The number of hydrogen-bond acceptors (Lipinski definition) is 3. The van der Waals surface area contributed by atoms with Gasteiger partial charge in [-0.15, -0.1) is 0 Å². The molecule has 0 radical (unpaired) electrons. The van der Waals surface area contributed by atoms with Crippen LogP contribution in [0.15, 0.2) is 30.7 Å². The van der Waals surface area contributed by atoms with Crippen molar-refractivity contribution >= 4 is 11.6 Å². The van der Waals surface area contributed by atoms with Crippen LogP contribution in [0, 0.1) is 6.92 Å². The van der Waals surface area contributed by atoms with Crippen LogP contribution in [-0.2, 0) is 0 Å². The zero-order valence-corrected chi connectivity index (χ0v) is 8.36. The van der Waals surface area contributed by atoms with Gasteiger partial charge >= 0.3 is 0 Å². The highest BCUT2D eigenvalue weighted by Gasteiger charge is 2.01. The second-order valence-corrected chi connectivity index (χ2v) is 3.33. The van der Waals surface area contributed by atoms with Gasteiger partial charge in [0.05, 0.1) is 18.1 Å². The maximum absolute atomic E-state index is 5.73. The Morgan fingerprint density at radius 2 is 2.07 bits per heavy atom. The predicted molar refractivity (Wildman–Crippen MR) is 55.0 cm³/mol. The van der Waals surface area contributed by atoms with Crippen LogP contribution in [0.2, 0.25) is 5.15 Å². The average molecular weight is 206 g/mol. The number of pyridine rings is 1. The van der Waals surface area contributed by atoms with E-state index in [4.69, 9.17) is 11.6 Å². The van der Waals surface area contributed by atoms with Crippen molar-refractivity contribution in [2.45, 2.75) is 6.92 Å². The van der Waals surface area contributed by atoms with Gasteiger partial charge in [0, 0.05) is 6.20 Å². The molecule has 2 rings (SSSR count). The van der Waals surface area contributed by atoms with Crippen LogP contribution in [0.4, 0.5) is 0 Å². The third kappa shape index (κ3) is 1.88. The molecule has 0 unspecified atom stereocenters. The molecule has 0 bridgehead atoms. The SMILES string of the molecule is Cc1ccnc(-c2cncc(Cl)n2)c1. The second kappa shape index (κ2) is 3.72. The largest absolute Gasteiger partial charge is 0.259 e. The van der Waals surface area contributed by atoms with Crippen LogP contribution in [0.1, 0.15) is 5.56 Å². The van der Waals surface area contributed by atoms with Crippen molar-refractivity contribution in [1.82, 2.24) is 15.0 Å². The summed E-state index contributed by atoms with van der Waals surface area (Å²) in [7, 11) is 0. The quantitative estimate of drug-likeness (QED) is 0.718. The lowest BCUT2D eigenvalue weighted by Gasteiger charge is -2.00. The molecule has 0 aliphatic carbocycles. The second-order valence-electron chi connectivity index (χ2n) is 2.95. The van der Waals surface area contributed by atoms with Gasteiger partial charge < -0.3 is 0 Å². The van der Waals surface area contributed by atoms with Crippen LogP contribution in [0.5, 0.6) is 0 Å². The number of rotatable bonds is 1. The van der Waals surface area contributed by atoms with Gasteiger partial charge in [0.2, 0.25) is 0 Å². The van der Waals surface area contributed by atoms with Gasteiger partial charge in [0.1, 0.15) is 10.8 Å². The fourth-order valence-corrected chi connectivity index (χ4v) is 1.29. The Bertz CT molecular complexity index is 413. The molecule has 3 nitrogen and oxygen atoms in total. The molecule has 2 heterocycles. The van der Waals surface area contributed by atoms with Crippen LogP contribution < -0.4 is 0 Å². The van der Waals surface area contributed by atoms with E-state index in [0.29, 0.717) is 10.8 Å². The van der Waals surface area contributed by atoms with Crippen molar-refractivity contribution in [1.29, 1.82) is 0 Å². The molecule has 70 valence electrons. The summed E-state index contributed by atoms with van der Waals surface area (Å²) in [6.07, 6.45) is 4.89. The number of aryl methyl sites for hydroxylation is 1. The maximum atomic E-state index is 5.73. The van der Waals surface area contributed by atoms with Gasteiger partial charge in [-0.2, -0.15) is 0 Å². The zero-order chi connectivity index (χ0) is 9.97. The van der Waals surface area contributed by atoms with E-state index in [1.807, 2.05) is 19.1 Å². The van der Waals surface area contributed by atoms with Crippen LogP contribution in [0.3, 0.4) is 0 Å². The first-order valence-electron chi connectivity index (χ1n) is 4.16. The maximum Gasteiger partial charge on any atom is 0.148 e. The first-order chi connectivity index (χ1) is 6.75. The molecular weight excluding hydrogens is 198 g/mol. The van der Waals surface area contributed by atoms with E-state index in [2.05, 4.69) is 15.0 Å². The van der Waals surface area contributed by atoms with E-state index in [1.54, 1.807) is 12.4 Å². The summed E-state index contributed by atoms with van der Waals surface area (Å²) in [5, 5.41) is 0.380. The normalized spacial score (nSPS) is 10.1. The summed E-state index contributed by atoms with van der Waals surface area (Å²) in [6.45, 7) is 2.00. The summed E-state index contributed by atoms with van der Waals surface area (Å²) in [4.78, 5) is 12.3. The lowest BCUT2D eigenvalue weighted by molar-refractivity contribution is 1.17. The average Bonchev–Trinajstić information content (AvgIpc) is 2.18. The molecule has 0 spiro atoms. The van der Waals surface area contributed by atoms with E-state index < -0.39 is 0 Å². The molecule has 0 saturated carbocycles. The summed E-state index contributed by atoms with van der Waals surface area (Å²) in [5.41, 5.74) is 2.62. The van der Waals surface area contributed by atoms with E-state index in [0.717, 1.165) is 11.3 Å². The predicted octanol–water partition coefficient (Wildman–Crippen LogP) is 2.50. The Labute approximate surface area is 86.8 Å². The molecule has 0 saturated heterocycles. The molecule has 4 heteroatoms. The van der Waals surface area contributed by atoms with Gasteiger partial charge in [-0.25, -0.2) is 4.98 Å². The first kappa shape index (κ1) is 9.09. The topological polar surface area (TPSA) is 38.7 Å². The number of nitrogens with zero attached hydrogens (tertiary/aromatic N) is 3. The van der Waals surface area contributed by atoms with Crippen molar-refractivity contribution in [2.24, 2.45) is 0 Å². The van der Waals surface area contributed by atoms with Crippen molar-refractivity contribution in [3.63, 3.8) is 0 Å². The van der Waals surface area contributed by atoms with E-state index in [-0.39, 0.29) is 0 Å². The summed E-state index contributed by atoms with van der Waals surface area (Å²) in [6, 6.07) is 3.88. The smallest absolute Gasteiger partial charge is 0.148 e. The van der Waals surface area contributed by atoms with Gasteiger partial charge in [0.15, 0.2) is 0 Å². The number of halogens is 1. The Morgan fingerprint density at radius 3 is 2.79 bits per heavy atom. The molecule has 0 N–H and O–H groups in total. The highest BCUT2D eigenvalue weighted by Crippen LogP contribution is 2.15. The monoisotopic (exact) mass is 205 g/mol. The lowest BCUT2D eigenvalue weighted by Crippen LogP contribution is -1.89. The molecule has 0 fully saturated rings. The van der Waals surface area contributed by atoms with Gasteiger partial charge in [-0.1, -0.05) is 11.6 Å². The van der Waals surface area contributed by atoms with Gasteiger partial charge in [0.25, 0.3) is 0 Å². The minimum atomic E-state index is 0.380. The number of aromatic nitrogens is 3. The van der Waals surface area contributed by atoms with Crippen LogP contribution in [-0.4, -0.2) is 15.0 Å². The van der Waals surface area contributed by atoms with E-state index in [9.17, 15) is 0 Å². The highest BCUT2D eigenvalue weighted by molar-refractivity contribution is 6.29. The van der Waals surface area contributed by atoms with Crippen molar-refractivity contribution < 1.29 is 0 Å². The summed E-state index contributed by atoms with van der Waals surface area (Å²) >= 11 is 5.73. The minimum Gasteiger partial charge on any atom is -0.259 e. The van der Waals surface area contributed by atoms with Gasteiger partial charge in [-0.05, 0) is 24.6 Å².